The summed E-state index contributed by atoms with van der Waals surface area (Å²) in [5.74, 6) is -1.00. The molecule has 1 aliphatic rings. The molecule has 0 aromatic heterocycles. The number of carbonyl (C=O) groups excluding carboxylic acids is 1. The summed E-state index contributed by atoms with van der Waals surface area (Å²) in [6, 6.07) is 3.90. The van der Waals surface area contributed by atoms with Gasteiger partial charge in [-0.05, 0) is 31.0 Å². The van der Waals surface area contributed by atoms with Crippen molar-refractivity contribution in [3.05, 3.63) is 34.6 Å². The van der Waals surface area contributed by atoms with E-state index in [2.05, 4.69) is 5.32 Å². The van der Waals surface area contributed by atoms with Crippen LogP contribution in [0, 0.1) is 11.7 Å². The Morgan fingerprint density at radius 3 is 2.94 bits per heavy atom. The number of carbonyl (C=O) groups is 1. The maximum absolute atomic E-state index is 13.6. The van der Waals surface area contributed by atoms with Crippen LogP contribution >= 0.6 is 11.6 Å². The van der Waals surface area contributed by atoms with Crippen molar-refractivity contribution in [2.45, 2.75) is 25.3 Å². The number of amides is 1. The third-order valence-corrected chi connectivity index (χ3v) is 3.62. The molecule has 0 bridgehead atoms. The van der Waals surface area contributed by atoms with Crippen LogP contribution in [0.2, 0.25) is 5.02 Å². The molecular formula is C13H15ClFNO2. The highest BCUT2D eigenvalue weighted by atomic mass is 35.5. The zero-order valence-electron chi connectivity index (χ0n) is 9.83. The lowest BCUT2D eigenvalue weighted by Crippen LogP contribution is -2.38. The SMILES string of the molecule is O=C(NC1CCCC1CO)c1ccc(Cl)cc1F. The fourth-order valence-electron chi connectivity index (χ4n) is 2.37. The van der Waals surface area contributed by atoms with Crippen LogP contribution in [0.25, 0.3) is 0 Å². The molecule has 98 valence electrons. The van der Waals surface area contributed by atoms with Crippen LogP contribution in [0.3, 0.4) is 0 Å². The first-order valence-corrected chi connectivity index (χ1v) is 6.36. The van der Waals surface area contributed by atoms with Crippen molar-refractivity contribution in [3.63, 3.8) is 0 Å². The summed E-state index contributed by atoms with van der Waals surface area (Å²) in [7, 11) is 0. The van der Waals surface area contributed by atoms with E-state index in [4.69, 9.17) is 16.7 Å². The second-order valence-corrected chi connectivity index (χ2v) is 5.01. The van der Waals surface area contributed by atoms with E-state index in [9.17, 15) is 9.18 Å². The van der Waals surface area contributed by atoms with E-state index in [0.29, 0.717) is 0 Å². The lowest BCUT2D eigenvalue weighted by Gasteiger charge is -2.19. The highest BCUT2D eigenvalue weighted by Gasteiger charge is 2.28. The fraction of sp³-hybridized carbons (Fsp3) is 0.462. The second kappa shape index (κ2) is 5.67. The maximum atomic E-state index is 13.6. The fourth-order valence-corrected chi connectivity index (χ4v) is 2.52. The third-order valence-electron chi connectivity index (χ3n) is 3.39. The number of nitrogens with one attached hydrogen (secondary N) is 1. The van der Waals surface area contributed by atoms with Gasteiger partial charge in [0.2, 0.25) is 0 Å². The highest BCUT2D eigenvalue weighted by molar-refractivity contribution is 6.30. The van der Waals surface area contributed by atoms with Crippen LogP contribution in [-0.4, -0.2) is 23.7 Å². The first-order chi connectivity index (χ1) is 8.61. The van der Waals surface area contributed by atoms with Crippen LogP contribution in [0.1, 0.15) is 29.6 Å². The molecule has 18 heavy (non-hydrogen) atoms. The highest BCUT2D eigenvalue weighted by Crippen LogP contribution is 2.25. The van der Waals surface area contributed by atoms with Crippen molar-refractivity contribution in [2.24, 2.45) is 5.92 Å². The molecule has 1 aliphatic carbocycles. The molecule has 1 saturated carbocycles. The van der Waals surface area contributed by atoms with E-state index in [1.807, 2.05) is 0 Å². The maximum Gasteiger partial charge on any atom is 0.254 e. The van der Waals surface area contributed by atoms with E-state index in [1.165, 1.54) is 12.1 Å². The molecule has 0 radical (unpaired) electrons. The Morgan fingerprint density at radius 2 is 2.28 bits per heavy atom. The lowest BCUT2D eigenvalue weighted by molar-refractivity contribution is 0.0912. The average molecular weight is 272 g/mol. The summed E-state index contributed by atoms with van der Waals surface area (Å²) in [4.78, 5) is 11.9. The zero-order valence-corrected chi connectivity index (χ0v) is 10.6. The number of benzene rings is 1. The summed E-state index contributed by atoms with van der Waals surface area (Å²) in [6.07, 6.45) is 2.69. The summed E-state index contributed by atoms with van der Waals surface area (Å²) in [6.45, 7) is 0.0496. The summed E-state index contributed by atoms with van der Waals surface area (Å²) in [5, 5.41) is 12.2. The Hall–Kier alpha value is -1.13. The molecule has 1 aromatic carbocycles. The second-order valence-electron chi connectivity index (χ2n) is 4.58. The standard InChI is InChI=1S/C13H15ClFNO2/c14-9-4-5-10(11(15)6-9)13(18)16-12-3-1-2-8(12)7-17/h4-6,8,12,17H,1-3,7H2,(H,16,18). The molecule has 3 nitrogen and oxygen atoms in total. The first kappa shape index (κ1) is 13.3. The third kappa shape index (κ3) is 2.82. The number of halogens is 2. The Balaban J connectivity index is 2.07. The monoisotopic (exact) mass is 271 g/mol. The predicted octanol–water partition coefficient (Wildman–Crippen LogP) is 2.37. The minimum absolute atomic E-state index is 0.0111. The first-order valence-electron chi connectivity index (χ1n) is 5.98. The lowest BCUT2D eigenvalue weighted by atomic mass is 10.0. The number of hydrogen-bond donors (Lipinski definition) is 2. The largest absolute Gasteiger partial charge is 0.396 e. The van der Waals surface area contributed by atoms with Crippen molar-refractivity contribution >= 4 is 17.5 Å². The summed E-state index contributed by atoms with van der Waals surface area (Å²) >= 11 is 5.63. The predicted molar refractivity (Wildman–Crippen MR) is 67.1 cm³/mol. The summed E-state index contributed by atoms with van der Waals surface area (Å²) < 4.78 is 13.6. The number of aliphatic hydroxyl groups is 1. The average Bonchev–Trinajstić information content (AvgIpc) is 2.76. The molecule has 0 saturated heterocycles. The van der Waals surface area contributed by atoms with E-state index in [-0.39, 0.29) is 29.2 Å². The van der Waals surface area contributed by atoms with Crippen molar-refractivity contribution < 1.29 is 14.3 Å². The van der Waals surface area contributed by atoms with Gasteiger partial charge in [-0.2, -0.15) is 0 Å². The van der Waals surface area contributed by atoms with Crippen LogP contribution in [0.15, 0.2) is 18.2 Å². The molecule has 2 N–H and O–H groups in total. The molecule has 2 unspecified atom stereocenters. The molecule has 5 heteroatoms. The van der Waals surface area contributed by atoms with Gasteiger partial charge in [-0.3, -0.25) is 4.79 Å². The molecule has 2 rings (SSSR count). The molecule has 1 fully saturated rings. The van der Waals surface area contributed by atoms with E-state index in [1.54, 1.807) is 0 Å². The Labute approximate surface area is 110 Å². The zero-order chi connectivity index (χ0) is 13.1. The number of rotatable bonds is 3. The van der Waals surface area contributed by atoms with E-state index < -0.39 is 11.7 Å². The molecule has 2 atom stereocenters. The Morgan fingerprint density at radius 1 is 1.50 bits per heavy atom. The van der Waals surface area contributed by atoms with Crippen molar-refractivity contribution in [2.75, 3.05) is 6.61 Å². The van der Waals surface area contributed by atoms with Gasteiger partial charge in [0.15, 0.2) is 0 Å². The quantitative estimate of drug-likeness (QED) is 0.887. The van der Waals surface area contributed by atoms with Crippen LogP contribution in [0.4, 0.5) is 4.39 Å². The normalized spacial score (nSPS) is 23.1. The molecular weight excluding hydrogens is 257 g/mol. The molecule has 1 aromatic rings. The van der Waals surface area contributed by atoms with E-state index in [0.717, 1.165) is 25.3 Å². The van der Waals surface area contributed by atoms with Crippen molar-refractivity contribution in [1.82, 2.24) is 5.32 Å². The van der Waals surface area contributed by atoms with Crippen LogP contribution in [0.5, 0.6) is 0 Å². The molecule has 0 spiro atoms. The van der Waals surface area contributed by atoms with Gasteiger partial charge >= 0.3 is 0 Å². The molecule has 0 heterocycles. The van der Waals surface area contributed by atoms with Gasteiger partial charge in [0.1, 0.15) is 5.82 Å². The minimum atomic E-state index is -0.626. The van der Waals surface area contributed by atoms with Crippen LogP contribution < -0.4 is 5.32 Å². The number of aliphatic hydroxyl groups excluding tert-OH is 1. The topological polar surface area (TPSA) is 49.3 Å². The van der Waals surface area contributed by atoms with Gasteiger partial charge in [-0.15, -0.1) is 0 Å². The van der Waals surface area contributed by atoms with Gasteiger partial charge in [0, 0.05) is 23.6 Å². The molecule has 1 amide bonds. The van der Waals surface area contributed by atoms with Gasteiger partial charge < -0.3 is 10.4 Å². The summed E-state index contributed by atoms with van der Waals surface area (Å²) in [5.41, 5.74) is -0.0111. The van der Waals surface area contributed by atoms with Crippen LogP contribution in [-0.2, 0) is 0 Å². The molecule has 0 aliphatic heterocycles. The van der Waals surface area contributed by atoms with Gasteiger partial charge in [0.05, 0.1) is 5.56 Å². The Kier molecular flexibility index (Phi) is 4.19. The van der Waals surface area contributed by atoms with Gasteiger partial charge in [0.25, 0.3) is 5.91 Å². The van der Waals surface area contributed by atoms with E-state index >= 15 is 0 Å². The Bertz CT molecular complexity index is 453. The number of hydrogen-bond acceptors (Lipinski definition) is 2. The van der Waals surface area contributed by atoms with Gasteiger partial charge in [-0.1, -0.05) is 18.0 Å². The van der Waals surface area contributed by atoms with Gasteiger partial charge in [-0.25, -0.2) is 4.39 Å². The van der Waals surface area contributed by atoms with Crippen molar-refractivity contribution in [3.8, 4) is 0 Å². The minimum Gasteiger partial charge on any atom is -0.396 e. The van der Waals surface area contributed by atoms with Crippen molar-refractivity contribution in [1.29, 1.82) is 0 Å². The smallest absolute Gasteiger partial charge is 0.254 e.